The van der Waals surface area contributed by atoms with Crippen LogP contribution in [-0.2, 0) is 22.5 Å². The van der Waals surface area contributed by atoms with Gasteiger partial charge in [0.15, 0.2) is 6.04 Å². The van der Waals surface area contributed by atoms with Gasteiger partial charge in [0.05, 0.1) is 27.3 Å². The van der Waals surface area contributed by atoms with Gasteiger partial charge < -0.3 is 14.0 Å². The van der Waals surface area contributed by atoms with Gasteiger partial charge >= 0.3 is 5.97 Å². The standard InChI is InChI=1S/C30H46NO3/c1-5-7-8-9-10-12-16-26-19-21-28(22-20-26)33-23-15-24-34-30(32)29(6-2)31(3,4)25-27-17-13-11-14-18-27/h11,13-14,17-22,29H,5-10,12,15-16,23-25H2,1-4H3/q+1. The normalized spacial score (nSPS) is 12.4. The first-order chi connectivity index (χ1) is 16.5. The molecule has 0 aromatic heterocycles. The summed E-state index contributed by atoms with van der Waals surface area (Å²) in [5.41, 5.74) is 2.60. The fourth-order valence-electron chi connectivity index (χ4n) is 4.49. The molecule has 0 aliphatic heterocycles. The molecule has 2 aromatic carbocycles. The molecule has 0 N–H and O–H groups in total. The first-order valence-electron chi connectivity index (χ1n) is 13.2. The summed E-state index contributed by atoms with van der Waals surface area (Å²) in [4.78, 5) is 12.8. The van der Waals surface area contributed by atoms with Crippen LogP contribution >= 0.6 is 0 Å². The van der Waals surface area contributed by atoms with Crippen molar-refractivity contribution < 1.29 is 18.8 Å². The Labute approximate surface area is 207 Å². The summed E-state index contributed by atoms with van der Waals surface area (Å²) in [6, 6.07) is 18.6. The average molecular weight is 469 g/mol. The Kier molecular flexibility index (Phi) is 12.8. The number of aryl methyl sites for hydroxylation is 1. The summed E-state index contributed by atoms with van der Waals surface area (Å²) in [6.07, 6.45) is 10.5. The fourth-order valence-corrected chi connectivity index (χ4v) is 4.49. The highest BCUT2D eigenvalue weighted by Crippen LogP contribution is 2.18. The second-order valence-corrected chi connectivity index (χ2v) is 9.88. The van der Waals surface area contributed by atoms with Crippen LogP contribution in [0.5, 0.6) is 5.75 Å². The predicted octanol–water partition coefficient (Wildman–Crippen LogP) is 6.96. The van der Waals surface area contributed by atoms with E-state index in [0.717, 1.165) is 25.1 Å². The largest absolute Gasteiger partial charge is 0.493 e. The van der Waals surface area contributed by atoms with E-state index >= 15 is 0 Å². The molecule has 0 radical (unpaired) electrons. The number of hydrogen-bond acceptors (Lipinski definition) is 3. The van der Waals surface area contributed by atoms with Gasteiger partial charge in [-0.05, 0) is 30.5 Å². The van der Waals surface area contributed by atoms with Gasteiger partial charge in [-0.2, -0.15) is 0 Å². The van der Waals surface area contributed by atoms with Crippen molar-refractivity contribution in [1.29, 1.82) is 0 Å². The molecule has 2 aromatic rings. The molecule has 0 saturated carbocycles. The molecule has 0 spiro atoms. The van der Waals surface area contributed by atoms with Crippen molar-refractivity contribution in [1.82, 2.24) is 0 Å². The second kappa shape index (κ2) is 15.5. The lowest BCUT2D eigenvalue weighted by molar-refractivity contribution is -0.919. The highest BCUT2D eigenvalue weighted by Gasteiger charge is 2.34. The van der Waals surface area contributed by atoms with Crippen molar-refractivity contribution in [3.8, 4) is 5.75 Å². The van der Waals surface area contributed by atoms with Crippen molar-refractivity contribution in [2.24, 2.45) is 0 Å². The Bertz CT molecular complexity index is 802. The Morgan fingerprint density at radius 2 is 1.47 bits per heavy atom. The molecule has 0 fully saturated rings. The van der Waals surface area contributed by atoms with Crippen LogP contribution in [0, 0.1) is 0 Å². The van der Waals surface area contributed by atoms with Gasteiger partial charge in [0.2, 0.25) is 0 Å². The highest BCUT2D eigenvalue weighted by molar-refractivity contribution is 5.74. The van der Waals surface area contributed by atoms with Crippen LogP contribution in [-0.4, -0.2) is 43.8 Å². The molecule has 1 atom stereocenters. The monoisotopic (exact) mass is 468 g/mol. The molecule has 188 valence electrons. The van der Waals surface area contributed by atoms with Gasteiger partial charge in [0.1, 0.15) is 12.3 Å². The highest BCUT2D eigenvalue weighted by atomic mass is 16.5. The number of rotatable bonds is 17. The van der Waals surface area contributed by atoms with Gasteiger partial charge in [-0.25, -0.2) is 4.79 Å². The van der Waals surface area contributed by atoms with Gasteiger partial charge in [-0.15, -0.1) is 0 Å². The van der Waals surface area contributed by atoms with Crippen LogP contribution in [0.3, 0.4) is 0 Å². The summed E-state index contributed by atoms with van der Waals surface area (Å²) in [5.74, 6) is 0.757. The van der Waals surface area contributed by atoms with E-state index in [1.807, 2.05) is 18.2 Å². The summed E-state index contributed by atoms with van der Waals surface area (Å²) < 4.78 is 12.1. The lowest BCUT2D eigenvalue weighted by Crippen LogP contribution is -2.52. The third-order valence-corrected chi connectivity index (χ3v) is 6.48. The number of esters is 1. The van der Waals surface area contributed by atoms with Gasteiger partial charge in [0.25, 0.3) is 0 Å². The topological polar surface area (TPSA) is 35.5 Å². The molecule has 4 heteroatoms. The number of unbranched alkanes of at least 4 members (excludes halogenated alkanes) is 5. The van der Waals surface area contributed by atoms with Crippen molar-refractivity contribution in [3.05, 3.63) is 65.7 Å². The number of carbonyl (C=O) groups is 1. The Morgan fingerprint density at radius 3 is 2.15 bits per heavy atom. The van der Waals surface area contributed by atoms with E-state index in [4.69, 9.17) is 9.47 Å². The predicted molar refractivity (Wildman–Crippen MR) is 141 cm³/mol. The maximum absolute atomic E-state index is 12.8. The number of carbonyl (C=O) groups excluding carboxylic acids is 1. The quantitative estimate of drug-likeness (QED) is 0.143. The number of nitrogens with zero attached hydrogens (tertiary/aromatic N) is 1. The lowest BCUT2D eigenvalue weighted by Gasteiger charge is -2.36. The van der Waals surface area contributed by atoms with Gasteiger partial charge in [-0.3, -0.25) is 0 Å². The number of quaternary nitrogens is 1. The fraction of sp³-hybridized carbons (Fsp3) is 0.567. The zero-order valence-corrected chi connectivity index (χ0v) is 21.9. The molecule has 2 rings (SSSR count). The van der Waals surface area contributed by atoms with Crippen LogP contribution in [0.2, 0.25) is 0 Å². The summed E-state index contributed by atoms with van der Waals surface area (Å²) in [6.45, 7) is 6.04. The third kappa shape index (κ3) is 10.3. The second-order valence-electron chi connectivity index (χ2n) is 9.88. The number of likely N-dealkylation sites (N-methyl/N-ethyl adjacent to an activating group) is 1. The molecule has 34 heavy (non-hydrogen) atoms. The molecule has 1 unspecified atom stereocenters. The minimum Gasteiger partial charge on any atom is -0.493 e. The Hall–Kier alpha value is -2.33. The molecule has 0 aliphatic rings. The molecule has 0 aliphatic carbocycles. The summed E-state index contributed by atoms with van der Waals surface area (Å²) in [7, 11) is 4.20. The van der Waals surface area contributed by atoms with Crippen molar-refractivity contribution in [2.75, 3.05) is 27.3 Å². The summed E-state index contributed by atoms with van der Waals surface area (Å²) in [5, 5.41) is 0. The minimum atomic E-state index is -0.180. The van der Waals surface area contributed by atoms with E-state index < -0.39 is 0 Å². The Morgan fingerprint density at radius 1 is 0.794 bits per heavy atom. The third-order valence-electron chi connectivity index (χ3n) is 6.48. The molecular weight excluding hydrogens is 422 g/mol. The van der Waals surface area contributed by atoms with E-state index in [-0.39, 0.29) is 12.0 Å². The van der Waals surface area contributed by atoms with E-state index in [9.17, 15) is 4.79 Å². The molecule has 4 nitrogen and oxygen atoms in total. The first-order valence-corrected chi connectivity index (χ1v) is 13.2. The van der Waals surface area contributed by atoms with Crippen LogP contribution in [0.1, 0.15) is 76.3 Å². The van der Waals surface area contributed by atoms with Crippen molar-refractivity contribution >= 4 is 5.97 Å². The molecule has 0 heterocycles. The van der Waals surface area contributed by atoms with Gasteiger partial charge in [0, 0.05) is 18.4 Å². The average Bonchev–Trinajstić information content (AvgIpc) is 2.82. The minimum absolute atomic E-state index is 0.123. The molecule has 0 saturated heterocycles. The van der Waals surface area contributed by atoms with Crippen LogP contribution < -0.4 is 4.74 Å². The SMILES string of the molecule is CCCCCCCCc1ccc(OCCCOC(=O)C(CC)[N+](C)(C)Cc2ccccc2)cc1. The van der Waals surface area contributed by atoms with Crippen LogP contribution in [0.4, 0.5) is 0 Å². The smallest absolute Gasteiger partial charge is 0.364 e. The zero-order valence-electron chi connectivity index (χ0n) is 21.9. The molecular formula is C30H46NO3+. The van der Waals surface area contributed by atoms with Crippen LogP contribution in [0.15, 0.2) is 54.6 Å². The maximum Gasteiger partial charge on any atom is 0.364 e. The van der Waals surface area contributed by atoms with E-state index in [2.05, 4.69) is 64.3 Å². The van der Waals surface area contributed by atoms with Gasteiger partial charge in [-0.1, -0.05) is 88.4 Å². The van der Waals surface area contributed by atoms with Crippen molar-refractivity contribution in [2.45, 2.75) is 84.2 Å². The van der Waals surface area contributed by atoms with Crippen LogP contribution in [0.25, 0.3) is 0 Å². The number of ether oxygens (including phenoxy) is 2. The summed E-state index contributed by atoms with van der Waals surface area (Å²) >= 11 is 0. The number of hydrogen-bond donors (Lipinski definition) is 0. The zero-order chi connectivity index (χ0) is 24.7. The Balaban J connectivity index is 1.65. The lowest BCUT2D eigenvalue weighted by atomic mass is 10.0. The maximum atomic E-state index is 12.8. The number of benzene rings is 2. The molecule has 0 bridgehead atoms. The van der Waals surface area contributed by atoms with E-state index in [1.54, 1.807) is 0 Å². The van der Waals surface area contributed by atoms with Crippen molar-refractivity contribution in [3.63, 3.8) is 0 Å². The molecule has 0 amide bonds. The van der Waals surface area contributed by atoms with E-state index in [0.29, 0.717) is 24.1 Å². The van der Waals surface area contributed by atoms with E-state index in [1.165, 1.54) is 49.7 Å². The first kappa shape index (κ1) is 27.9.